The van der Waals surface area contributed by atoms with Crippen LogP contribution in [-0.4, -0.2) is 62.9 Å². The Bertz CT molecular complexity index is 1100. The maximum absolute atomic E-state index is 13.1. The van der Waals surface area contributed by atoms with Crippen molar-refractivity contribution in [2.75, 3.05) is 39.4 Å². The molecule has 1 amide bonds. The van der Waals surface area contributed by atoms with Crippen LogP contribution in [0, 0.1) is 0 Å². The Balaban J connectivity index is 1.42. The first-order chi connectivity index (χ1) is 16.4. The largest absolute Gasteiger partial charge is 0.379 e. The van der Waals surface area contributed by atoms with Gasteiger partial charge in [0.05, 0.1) is 28.7 Å². The van der Waals surface area contributed by atoms with Crippen LogP contribution in [0.4, 0.5) is 0 Å². The van der Waals surface area contributed by atoms with Gasteiger partial charge in [0.1, 0.15) is 0 Å². The number of carbonyl (C=O) groups is 1. The first-order valence-corrected chi connectivity index (χ1v) is 13.7. The molecule has 2 saturated heterocycles. The van der Waals surface area contributed by atoms with E-state index in [-0.39, 0.29) is 15.5 Å². The van der Waals surface area contributed by atoms with E-state index in [1.54, 1.807) is 0 Å². The Morgan fingerprint density at radius 2 is 1.65 bits per heavy atom. The number of ether oxygens (including phenoxy) is 1. The summed E-state index contributed by atoms with van der Waals surface area (Å²) in [5.41, 5.74) is 2.32. The van der Waals surface area contributed by atoms with Gasteiger partial charge in [0.15, 0.2) is 0 Å². The van der Waals surface area contributed by atoms with Crippen LogP contribution in [-0.2, 0) is 27.8 Å². The highest BCUT2D eigenvalue weighted by Gasteiger charge is 2.26. The standard InChI is InChI=1S/C25H32ClN3O4S/c26-24-9-8-22(34(31,32)29-10-3-1-2-4-11-29)17-23(24)25(30)27-18-20-6-5-7-21(16-20)19-28-12-14-33-15-13-28/h5-9,16-17H,1-4,10-15,18-19H2,(H,27,30). The summed E-state index contributed by atoms with van der Waals surface area (Å²) in [6.07, 6.45) is 3.78. The SMILES string of the molecule is O=C(NCc1cccc(CN2CCOCC2)c1)c1cc(S(=O)(=O)N2CCCCCC2)ccc1Cl. The molecule has 0 aromatic heterocycles. The summed E-state index contributed by atoms with van der Waals surface area (Å²) in [6.45, 7) is 5.52. The normalized spacial score (nSPS) is 18.4. The molecule has 2 heterocycles. The zero-order valence-electron chi connectivity index (χ0n) is 19.3. The molecule has 4 rings (SSSR count). The Hall–Kier alpha value is -1.97. The fourth-order valence-electron chi connectivity index (χ4n) is 4.40. The van der Waals surface area contributed by atoms with Crippen LogP contribution in [0.2, 0.25) is 5.02 Å². The summed E-state index contributed by atoms with van der Waals surface area (Å²) in [7, 11) is -3.66. The third-order valence-corrected chi connectivity index (χ3v) is 8.56. The highest BCUT2D eigenvalue weighted by Crippen LogP contribution is 2.25. The van der Waals surface area contributed by atoms with Gasteiger partial charge in [-0.1, -0.05) is 48.7 Å². The number of benzene rings is 2. The average Bonchev–Trinajstić information content (AvgIpc) is 3.14. The van der Waals surface area contributed by atoms with E-state index in [2.05, 4.69) is 22.3 Å². The lowest BCUT2D eigenvalue weighted by Gasteiger charge is -2.26. The number of hydrogen-bond acceptors (Lipinski definition) is 5. The van der Waals surface area contributed by atoms with E-state index in [9.17, 15) is 13.2 Å². The smallest absolute Gasteiger partial charge is 0.253 e. The lowest BCUT2D eigenvalue weighted by Crippen LogP contribution is -2.35. The highest BCUT2D eigenvalue weighted by atomic mass is 35.5. The zero-order valence-corrected chi connectivity index (χ0v) is 20.9. The maximum atomic E-state index is 13.1. The van der Waals surface area contributed by atoms with Crippen LogP contribution in [0.25, 0.3) is 0 Å². The van der Waals surface area contributed by atoms with E-state index in [1.165, 1.54) is 28.1 Å². The fourth-order valence-corrected chi connectivity index (χ4v) is 6.15. The number of morpholine rings is 1. The number of nitrogens with zero attached hydrogens (tertiary/aromatic N) is 2. The van der Waals surface area contributed by atoms with Crippen molar-refractivity contribution in [1.82, 2.24) is 14.5 Å². The number of carbonyl (C=O) groups excluding carboxylic acids is 1. The number of hydrogen-bond donors (Lipinski definition) is 1. The highest BCUT2D eigenvalue weighted by molar-refractivity contribution is 7.89. The van der Waals surface area contributed by atoms with Crippen LogP contribution in [0.3, 0.4) is 0 Å². The Morgan fingerprint density at radius 1 is 0.941 bits per heavy atom. The summed E-state index contributed by atoms with van der Waals surface area (Å²) in [6, 6.07) is 12.5. The summed E-state index contributed by atoms with van der Waals surface area (Å²) in [5.74, 6) is -0.392. The molecular formula is C25H32ClN3O4S. The Morgan fingerprint density at radius 3 is 2.38 bits per heavy atom. The monoisotopic (exact) mass is 505 g/mol. The molecule has 0 aliphatic carbocycles. The quantitative estimate of drug-likeness (QED) is 0.621. The number of sulfonamides is 1. The molecule has 2 aromatic carbocycles. The van der Waals surface area contributed by atoms with Gasteiger partial charge in [0.2, 0.25) is 10.0 Å². The first-order valence-electron chi connectivity index (χ1n) is 11.9. The van der Waals surface area contributed by atoms with E-state index < -0.39 is 15.9 Å². The molecule has 9 heteroatoms. The molecule has 0 bridgehead atoms. The molecule has 2 aliphatic rings. The van der Waals surface area contributed by atoms with Gasteiger partial charge in [0, 0.05) is 39.3 Å². The Labute approximate surface area is 207 Å². The topological polar surface area (TPSA) is 79.0 Å². The predicted molar refractivity (Wildman–Crippen MR) is 132 cm³/mol. The average molecular weight is 506 g/mol. The van der Waals surface area contributed by atoms with Gasteiger partial charge < -0.3 is 10.1 Å². The molecule has 184 valence electrons. The maximum Gasteiger partial charge on any atom is 0.253 e. The molecule has 0 unspecified atom stereocenters. The van der Waals surface area contributed by atoms with E-state index in [0.29, 0.717) is 19.6 Å². The van der Waals surface area contributed by atoms with Crippen molar-refractivity contribution in [3.05, 3.63) is 64.2 Å². The summed E-state index contributed by atoms with van der Waals surface area (Å²) >= 11 is 6.28. The molecule has 1 N–H and O–H groups in total. The molecule has 2 aliphatic heterocycles. The van der Waals surface area contributed by atoms with Gasteiger partial charge in [-0.2, -0.15) is 4.31 Å². The van der Waals surface area contributed by atoms with Gasteiger partial charge in [0.25, 0.3) is 5.91 Å². The Kier molecular flexibility index (Phi) is 8.60. The molecule has 2 aromatic rings. The van der Waals surface area contributed by atoms with Gasteiger partial charge in [-0.3, -0.25) is 9.69 Å². The van der Waals surface area contributed by atoms with E-state index in [0.717, 1.165) is 64.1 Å². The summed E-state index contributed by atoms with van der Waals surface area (Å²) in [4.78, 5) is 15.4. The minimum Gasteiger partial charge on any atom is -0.379 e. The second-order valence-corrected chi connectivity index (χ2v) is 11.2. The molecule has 7 nitrogen and oxygen atoms in total. The molecule has 0 saturated carbocycles. The first kappa shape index (κ1) is 25.1. The minimum atomic E-state index is -3.66. The number of rotatable bonds is 7. The van der Waals surface area contributed by atoms with Crippen molar-refractivity contribution in [2.24, 2.45) is 0 Å². The summed E-state index contributed by atoms with van der Waals surface area (Å²) < 4.78 is 33.2. The molecule has 34 heavy (non-hydrogen) atoms. The summed E-state index contributed by atoms with van der Waals surface area (Å²) in [5, 5.41) is 3.12. The molecule has 2 fully saturated rings. The fraction of sp³-hybridized carbons (Fsp3) is 0.480. The third kappa shape index (κ3) is 6.37. The van der Waals surface area contributed by atoms with E-state index >= 15 is 0 Å². The predicted octanol–water partition coefficient (Wildman–Crippen LogP) is 3.67. The van der Waals surface area contributed by atoms with Crippen LogP contribution in [0.1, 0.15) is 47.2 Å². The molecular weight excluding hydrogens is 474 g/mol. The number of halogens is 1. The van der Waals surface area contributed by atoms with Crippen molar-refractivity contribution in [3.63, 3.8) is 0 Å². The molecule has 0 spiro atoms. The second-order valence-electron chi connectivity index (χ2n) is 8.85. The lowest BCUT2D eigenvalue weighted by molar-refractivity contribution is 0.0342. The van der Waals surface area contributed by atoms with Crippen LogP contribution in [0.5, 0.6) is 0 Å². The molecule has 0 radical (unpaired) electrons. The van der Waals surface area contributed by atoms with Crippen molar-refractivity contribution in [2.45, 2.75) is 43.7 Å². The van der Waals surface area contributed by atoms with Crippen LogP contribution in [0.15, 0.2) is 47.4 Å². The van der Waals surface area contributed by atoms with Gasteiger partial charge >= 0.3 is 0 Å². The minimum absolute atomic E-state index is 0.108. The second kappa shape index (κ2) is 11.6. The third-order valence-electron chi connectivity index (χ3n) is 6.34. The van der Waals surface area contributed by atoms with Crippen LogP contribution >= 0.6 is 11.6 Å². The number of amides is 1. The number of nitrogens with one attached hydrogen (secondary N) is 1. The van der Waals surface area contributed by atoms with Crippen molar-refractivity contribution in [1.29, 1.82) is 0 Å². The van der Waals surface area contributed by atoms with E-state index in [1.807, 2.05) is 12.1 Å². The lowest BCUT2D eigenvalue weighted by atomic mass is 10.1. The van der Waals surface area contributed by atoms with Crippen LogP contribution < -0.4 is 5.32 Å². The van der Waals surface area contributed by atoms with Gasteiger partial charge in [-0.05, 0) is 42.2 Å². The van der Waals surface area contributed by atoms with Gasteiger partial charge in [-0.15, -0.1) is 0 Å². The zero-order chi connectivity index (χ0) is 24.0. The van der Waals surface area contributed by atoms with Crippen molar-refractivity contribution in [3.8, 4) is 0 Å². The molecule has 0 atom stereocenters. The van der Waals surface area contributed by atoms with E-state index in [4.69, 9.17) is 16.3 Å². The van der Waals surface area contributed by atoms with Crippen molar-refractivity contribution < 1.29 is 17.9 Å². The van der Waals surface area contributed by atoms with Crippen molar-refractivity contribution >= 4 is 27.5 Å². The van der Waals surface area contributed by atoms with Gasteiger partial charge in [-0.25, -0.2) is 8.42 Å².